The van der Waals surface area contributed by atoms with Crippen molar-refractivity contribution in [2.24, 2.45) is 0 Å². The van der Waals surface area contributed by atoms with Gasteiger partial charge in [-0.05, 0) is 80.0 Å². The van der Waals surface area contributed by atoms with Crippen LogP contribution in [-0.4, -0.2) is 24.1 Å². The zero-order valence-corrected chi connectivity index (χ0v) is 21.2. The number of nitrogens with zero attached hydrogens (tertiary/aromatic N) is 1. The topological polar surface area (TPSA) is 57.5 Å². The van der Waals surface area contributed by atoms with Crippen molar-refractivity contribution < 1.29 is 9.21 Å². The maximum absolute atomic E-state index is 12.4. The summed E-state index contributed by atoms with van der Waals surface area (Å²) in [5.41, 5.74) is 2.38. The fraction of sp³-hybridized carbons (Fsp3) is 0.200. The highest BCUT2D eigenvalue weighted by Crippen LogP contribution is 2.35. The third-order valence-corrected chi connectivity index (χ3v) is 6.42. The monoisotopic (exact) mass is 533 g/mol. The quantitative estimate of drug-likeness (QED) is 0.263. The molecule has 5 nitrogen and oxygen atoms in total. The number of benzene rings is 2. The summed E-state index contributed by atoms with van der Waals surface area (Å²) in [6.45, 7) is 1.87. The SMILES string of the molecule is O=C(C=Cc1ccc(-c2ccc(Cl)cc2Cl)o1)NC(=S)Nc1cccc(Cl)c1N1CCCCC1. The molecule has 0 bridgehead atoms. The Balaban J connectivity index is 1.38. The van der Waals surface area contributed by atoms with Crippen LogP contribution in [0.25, 0.3) is 17.4 Å². The highest BCUT2D eigenvalue weighted by Gasteiger charge is 2.18. The second-order valence-electron chi connectivity index (χ2n) is 7.79. The molecule has 2 aromatic carbocycles. The minimum absolute atomic E-state index is 0.184. The number of nitrogens with one attached hydrogen (secondary N) is 2. The first-order chi connectivity index (χ1) is 16.4. The van der Waals surface area contributed by atoms with Gasteiger partial charge in [-0.3, -0.25) is 10.1 Å². The highest BCUT2D eigenvalue weighted by atomic mass is 35.5. The van der Waals surface area contributed by atoms with Gasteiger partial charge in [-0.1, -0.05) is 40.9 Å². The van der Waals surface area contributed by atoms with E-state index in [4.69, 9.17) is 51.4 Å². The predicted molar refractivity (Wildman–Crippen MR) is 145 cm³/mol. The molecule has 1 aliphatic rings. The minimum Gasteiger partial charge on any atom is -0.457 e. The van der Waals surface area contributed by atoms with Crippen LogP contribution in [0, 0.1) is 0 Å². The molecule has 1 amide bonds. The molecule has 0 atom stereocenters. The maximum Gasteiger partial charge on any atom is 0.250 e. The minimum atomic E-state index is -0.387. The molecule has 9 heteroatoms. The van der Waals surface area contributed by atoms with Gasteiger partial charge in [-0.15, -0.1) is 0 Å². The second kappa shape index (κ2) is 11.3. The lowest BCUT2D eigenvalue weighted by Crippen LogP contribution is -2.34. The number of carbonyl (C=O) groups is 1. The van der Waals surface area contributed by atoms with E-state index in [2.05, 4.69) is 15.5 Å². The van der Waals surface area contributed by atoms with E-state index in [-0.39, 0.29) is 11.0 Å². The number of hydrogen-bond donors (Lipinski definition) is 2. The van der Waals surface area contributed by atoms with Gasteiger partial charge in [0.1, 0.15) is 11.5 Å². The van der Waals surface area contributed by atoms with Crippen molar-refractivity contribution >= 4 is 75.5 Å². The molecule has 176 valence electrons. The van der Waals surface area contributed by atoms with Gasteiger partial charge < -0.3 is 14.6 Å². The number of para-hydroxylation sites is 1. The van der Waals surface area contributed by atoms with Gasteiger partial charge in [0.05, 0.1) is 21.4 Å². The van der Waals surface area contributed by atoms with Crippen LogP contribution in [0.4, 0.5) is 11.4 Å². The fourth-order valence-corrected chi connectivity index (χ4v) is 4.80. The van der Waals surface area contributed by atoms with E-state index < -0.39 is 0 Å². The summed E-state index contributed by atoms with van der Waals surface area (Å²) in [6, 6.07) is 14.3. The summed E-state index contributed by atoms with van der Waals surface area (Å²) in [5.74, 6) is 0.684. The predicted octanol–water partition coefficient (Wildman–Crippen LogP) is 7.42. The fourth-order valence-electron chi connectivity index (χ4n) is 3.80. The van der Waals surface area contributed by atoms with Gasteiger partial charge in [-0.25, -0.2) is 0 Å². The molecule has 1 fully saturated rings. The van der Waals surface area contributed by atoms with Crippen molar-refractivity contribution in [1.82, 2.24) is 5.32 Å². The zero-order valence-electron chi connectivity index (χ0n) is 18.1. The summed E-state index contributed by atoms with van der Waals surface area (Å²) in [4.78, 5) is 14.6. The molecule has 3 aromatic rings. The first kappa shape index (κ1) is 24.6. The summed E-state index contributed by atoms with van der Waals surface area (Å²) in [6.07, 6.45) is 6.37. The summed E-state index contributed by atoms with van der Waals surface area (Å²) < 4.78 is 5.77. The Morgan fingerprint density at radius 3 is 2.56 bits per heavy atom. The Kier molecular flexibility index (Phi) is 8.16. The number of hydrogen-bond acceptors (Lipinski definition) is 4. The third kappa shape index (κ3) is 6.13. The molecule has 0 saturated carbocycles. The van der Waals surface area contributed by atoms with E-state index in [0.29, 0.717) is 32.2 Å². The number of anilines is 2. The summed E-state index contributed by atoms with van der Waals surface area (Å²) in [5, 5.41) is 7.62. The lowest BCUT2D eigenvalue weighted by molar-refractivity contribution is -0.115. The molecule has 1 aromatic heterocycles. The van der Waals surface area contributed by atoms with Gasteiger partial charge in [0, 0.05) is 29.8 Å². The van der Waals surface area contributed by atoms with E-state index in [9.17, 15) is 4.79 Å². The Bertz CT molecular complexity index is 1240. The number of amides is 1. The van der Waals surface area contributed by atoms with Gasteiger partial charge in [0.25, 0.3) is 0 Å². The second-order valence-corrected chi connectivity index (χ2v) is 9.45. The van der Waals surface area contributed by atoms with Gasteiger partial charge in [-0.2, -0.15) is 0 Å². The Morgan fingerprint density at radius 1 is 1.00 bits per heavy atom. The zero-order chi connectivity index (χ0) is 24.1. The molecule has 0 spiro atoms. The van der Waals surface area contributed by atoms with Crippen LogP contribution in [0.2, 0.25) is 15.1 Å². The van der Waals surface area contributed by atoms with E-state index in [1.54, 1.807) is 36.4 Å². The van der Waals surface area contributed by atoms with Gasteiger partial charge in [0.15, 0.2) is 5.11 Å². The summed E-state index contributed by atoms with van der Waals surface area (Å²) >= 11 is 24.0. The first-order valence-corrected chi connectivity index (χ1v) is 12.3. The molecular weight excluding hydrogens is 513 g/mol. The summed E-state index contributed by atoms with van der Waals surface area (Å²) in [7, 11) is 0. The molecular formula is C25H22Cl3N3O2S. The average Bonchev–Trinajstić information content (AvgIpc) is 3.27. The number of carbonyl (C=O) groups excluding carboxylic acids is 1. The Morgan fingerprint density at radius 2 is 1.79 bits per heavy atom. The molecule has 0 unspecified atom stereocenters. The number of thiocarbonyl (C=S) groups is 1. The molecule has 1 aliphatic heterocycles. The van der Waals surface area contributed by atoms with Crippen molar-refractivity contribution in [3.8, 4) is 11.3 Å². The van der Waals surface area contributed by atoms with Crippen LogP contribution < -0.4 is 15.5 Å². The number of halogens is 3. The molecule has 0 aliphatic carbocycles. The molecule has 4 rings (SSSR count). The molecule has 0 radical (unpaired) electrons. The van der Waals surface area contributed by atoms with Crippen molar-refractivity contribution in [2.45, 2.75) is 19.3 Å². The Hall–Kier alpha value is -2.51. The van der Waals surface area contributed by atoms with E-state index in [0.717, 1.165) is 37.3 Å². The normalized spacial score (nSPS) is 13.8. The smallest absolute Gasteiger partial charge is 0.250 e. The number of piperidine rings is 1. The van der Waals surface area contributed by atoms with Crippen LogP contribution in [0.1, 0.15) is 25.0 Å². The molecule has 2 heterocycles. The third-order valence-electron chi connectivity index (χ3n) is 5.37. The largest absolute Gasteiger partial charge is 0.457 e. The van der Waals surface area contributed by atoms with E-state index in [1.165, 1.54) is 12.5 Å². The van der Waals surface area contributed by atoms with Crippen LogP contribution in [0.15, 0.2) is 59.0 Å². The van der Waals surface area contributed by atoms with Crippen LogP contribution in [-0.2, 0) is 4.79 Å². The van der Waals surface area contributed by atoms with E-state index >= 15 is 0 Å². The maximum atomic E-state index is 12.4. The van der Waals surface area contributed by atoms with E-state index in [1.807, 2.05) is 18.2 Å². The van der Waals surface area contributed by atoms with Crippen LogP contribution >= 0.6 is 47.0 Å². The van der Waals surface area contributed by atoms with Gasteiger partial charge in [0.2, 0.25) is 5.91 Å². The average molecular weight is 535 g/mol. The standard InChI is InChI=1S/C25H22Cl3N3O2S/c26-16-7-10-18(20(28)15-16)22-11-8-17(33-22)9-12-23(32)30-25(34)29-21-6-4-5-19(27)24(21)31-13-2-1-3-14-31/h4-12,15H,1-3,13-14H2,(H2,29,30,32,34). The van der Waals surface area contributed by atoms with Crippen molar-refractivity contribution in [3.05, 3.63) is 75.4 Å². The van der Waals surface area contributed by atoms with Gasteiger partial charge >= 0.3 is 0 Å². The lowest BCUT2D eigenvalue weighted by atomic mass is 10.1. The van der Waals surface area contributed by atoms with Crippen LogP contribution in [0.3, 0.4) is 0 Å². The molecule has 34 heavy (non-hydrogen) atoms. The van der Waals surface area contributed by atoms with Crippen molar-refractivity contribution in [1.29, 1.82) is 0 Å². The first-order valence-electron chi connectivity index (χ1n) is 10.8. The highest BCUT2D eigenvalue weighted by molar-refractivity contribution is 7.80. The van der Waals surface area contributed by atoms with Crippen molar-refractivity contribution in [2.75, 3.05) is 23.3 Å². The lowest BCUT2D eigenvalue weighted by Gasteiger charge is -2.31. The molecule has 1 saturated heterocycles. The number of rotatable bonds is 5. The van der Waals surface area contributed by atoms with Crippen molar-refractivity contribution in [3.63, 3.8) is 0 Å². The van der Waals surface area contributed by atoms with Crippen LogP contribution in [0.5, 0.6) is 0 Å². The Labute approximate surface area is 218 Å². The number of furan rings is 1. The molecule has 2 N–H and O–H groups in total.